The SMILES string of the molecule is Cc1cc(-c2cc(-c3cc4cnccc4[nH]3)c(=O)[nH]n2)cc(C)c1O. The fourth-order valence-corrected chi connectivity index (χ4v) is 2.97. The number of hydrogen-bond acceptors (Lipinski definition) is 4. The Morgan fingerprint density at radius 3 is 2.56 bits per heavy atom. The van der Waals surface area contributed by atoms with Gasteiger partial charge in [0.2, 0.25) is 0 Å². The molecule has 3 N–H and O–H groups in total. The molecule has 3 heterocycles. The highest BCUT2D eigenvalue weighted by atomic mass is 16.3. The largest absolute Gasteiger partial charge is 0.507 e. The van der Waals surface area contributed by atoms with Crippen molar-refractivity contribution >= 4 is 10.9 Å². The van der Waals surface area contributed by atoms with Gasteiger partial charge in [-0.15, -0.1) is 0 Å². The van der Waals surface area contributed by atoms with Gasteiger partial charge in [-0.05, 0) is 55.3 Å². The molecule has 25 heavy (non-hydrogen) atoms. The third-order valence-electron chi connectivity index (χ3n) is 4.30. The van der Waals surface area contributed by atoms with E-state index < -0.39 is 0 Å². The molecule has 0 atom stereocenters. The molecule has 0 bridgehead atoms. The van der Waals surface area contributed by atoms with Crippen molar-refractivity contribution in [3.05, 3.63) is 64.2 Å². The van der Waals surface area contributed by atoms with Gasteiger partial charge in [0.1, 0.15) is 5.75 Å². The molecule has 0 amide bonds. The first-order valence-electron chi connectivity index (χ1n) is 7.86. The van der Waals surface area contributed by atoms with Gasteiger partial charge >= 0.3 is 0 Å². The van der Waals surface area contributed by atoms with Gasteiger partial charge in [0.25, 0.3) is 5.56 Å². The van der Waals surface area contributed by atoms with E-state index in [1.165, 1.54) is 0 Å². The van der Waals surface area contributed by atoms with Crippen LogP contribution in [0.4, 0.5) is 0 Å². The van der Waals surface area contributed by atoms with Gasteiger partial charge in [-0.25, -0.2) is 5.10 Å². The van der Waals surface area contributed by atoms with Crippen LogP contribution in [0.15, 0.2) is 47.5 Å². The lowest BCUT2D eigenvalue weighted by Crippen LogP contribution is -2.11. The molecular weight excluding hydrogens is 316 g/mol. The van der Waals surface area contributed by atoms with Crippen molar-refractivity contribution in [1.29, 1.82) is 0 Å². The second-order valence-corrected chi connectivity index (χ2v) is 6.10. The zero-order valence-electron chi connectivity index (χ0n) is 13.8. The van der Waals surface area contributed by atoms with E-state index in [0.29, 0.717) is 17.0 Å². The predicted molar refractivity (Wildman–Crippen MR) is 96.5 cm³/mol. The number of aromatic amines is 2. The monoisotopic (exact) mass is 332 g/mol. The normalized spacial score (nSPS) is 11.1. The number of aromatic nitrogens is 4. The average Bonchev–Trinajstić information content (AvgIpc) is 3.03. The average molecular weight is 332 g/mol. The number of aryl methyl sites for hydroxylation is 2. The number of benzene rings is 1. The van der Waals surface area contributed by atoms with Crippen molar-refractivity contribution in [2.75, 3.05) is 0 Å². The molecule has 0 radical (unpaired) electrons. The zero-order chi connectivity index (χ0) is 17.6. The van der Waals surface area contributed by atoms with Gasteiger partial charge in [0.15, 0.2) is 0 Å². The summed E-state index contributed by atoms with van der Waals surface area (Å²) in [6.07, 6.45) is 3.45. The number of nitrogens with one attached hydrogen (secondary N) is 2. The molecule has 0 saturated carbocycles. The maximum Gasteiger partial charge on any atom is 0.273 e. The Balaban J connectivity index is 1.88. The lowest BCUT2D eigenvalue weighted by Gasteiger charge is -2.08. The van der Waals surface area contributed by atoms with Crippen LogP contribution in [0.3, 0.4) is 0 Å². The first-order valence-corrected chi connectivity index (χ1v) is 7.86. The molecule has 0 aliphatic rings. The van der Waals surface area contributed by atoms with Gasteiger partial charge in [-0.3, -0.25) is 9.78 Å². The first kappa shape index (κ1) is 15.1. The molecule has 6 nitrogen and oxygen atoms in total. The van der Waals surface area contributed by atoms with Gasteiger partial charge in [0, 0.05) is 28.9 Å². The van der Waals surface area contributed by atoms with Crippen LogP contribution < -0.4 is 5.56 Å². The second kappa shape index (κ2) is 5.59. The predicted octanol–water partition coefficient (Wildman–Crippen LogP) is 3.30. The summed E-state index contributed by atoms with van der Waals surface area (Å²) in [5.41, 5.74) is 4.86. The minimum atomic E-state index is -0.268. The Labute approximate surface area is 143 Å². The Kier molecular flexibility index (Phi) is 3.39. The van der Waals surface area contributed by atoms with Crippen LogP contribution in [0.2, 0.25) is 0 Å². The number of H-pyrrole nitrogens is 2. The molecule has 0 aliphatic heterocycles. The zero-order valence-corrected chi connectivity index (χ0v) is 13.8. The lowest BCUT2D eigenvalue weighted by molar-refractivity contribution is 0.467. The van der Waals surface area contributed by atoms with Crippen molar-refractivity contribution in [3.8, 4) is 28.3 Å². The van der Waals surface area contributed by atoms with E-state index in [9.17, 15) is 9.90 Å². The summed E-state index contributed by atoms with van der Waals surface area (Å²) >= 11 is 0. The summed E-state index contributed by atoms with van der Waals surface area (Å²) in [5, 5.41) is 17.6. The van der Waals surface area contributed by atoms with Crippen LogP contribution in [0.25, 0.3) is 33.4 Å². The van der Waals surface area contributed by atoms with Crippen LogP contribution in [0.5, 0.6) is 5.75 Å². The highest BCUT2D eigenvalue weighted by molar-refractivity contribution is 5.85. The quantitative estimate of drug-likeness (QED) is 0.525. The molecule has 0 fully saturated rings. The molecule has 0 aliphatic carbocycles. The van der Waals surface area contributed by atoms with Crippen LogP contribution in [0.1, 0.15) is 11.1 Å². The number of nitrogens with zero attached hydrogens (tertiary/aromatic N) is 2. The van der Waals surface area contributed by atoms with Crippen LogP contribution in [0, 0.1) is 13.8 Å². The Bertz CT molecular complexity index is 1100. The summed E-state index contributed by atoms with van der Waals surface area (Å²) in [5.74, 6) is 0.275. The number of hydrogen-bond donors (Lipinski definition) is 3. The smallest absolute Gasteiger partial charge is 0.273 e. The number of fused-ring (bicyclic) bond motifs is 1. The Morgan fingerprint density at radius 1 is 1.08 bits per heavy atom. The third-order valence-corrected chi connectivity index (χ3v) is 4.30. The number of phenols is 1. The molecular formula is C19H16N4O2. The fraction of sp³-hybridized carbons (Fsp3) is 0.105. The van der Waals surface area contributed by atoms with Gasteiger partial charge in [-0.1, -0.05) is 0 Å². The summed E-state index contributed by atoms with van der Waals surface area (Å²) < 4.78 is 0. The topological polar surface area (TPSA) is 94.7 Å². The summed E-state index contributed by atoms with van der Waals surface area (Å²) in [6.45, 7) is 3.67. The van der Waals surface area contributed by atoms with E-state index in [2.05, 4.69) is 20.2 Å². The van der Waals surface area contributed by atoms with E-state index >= 15 is 0 Å². The van der Waals surface area contributed by atoms with Crippen molar-refractivity contribution in [3.63, 3.8) is 0 Å². The number of phenolic OH excluding ortho intramolecular Hbond substituents is 1. The maximum absolute atomic E-state index is 12.3. The Morgan fingerprint density at radius 2 is 1.84 bits per heavy atom. The maximum atomic E-state index is 12.3. The van der Waals surface area contributed by atoms with E-state index in [1.54, 1.807) is 18.5 Å². The number of rotatable bonds is 2. The molecule has 124 valence electrons. The summed E-state index contributed by atoms with van der Waals surface area (Å²) in [6, 6.07) is 9.21. The van der Waals surface area contributed by atoms with E-state index in [4.69, 9.17) is 0 Å². The summed E-state index contributed by atoms with van der Waals surface area (Å²) in [7, 11) is 0. The highest BCUT2D eigenvalue weighted by Crippen LogP contribution is 2.29. The molecule has 3 aromatic heterocycles. The first-order chi connectivity index (χ1) is 12.0. The van der Waals surface area contributed by atoms with Gasteiger partial charge in [-0.2, -0.15) is 5.10 Å². The number of aromatic hydroxyl groups is 1. The van der Waals surface area contributed by atoms with Crippen molar-refractivity contribution in [1.82, 2.24) is 20.2 Å². The molecule has 4 rings (SSSR count). The van der Waals surface area contributed by atoms with E-state index in [-0.39, 0.29) is 11.3 Å². The van der Waals surface area contributed by atoms with Crippen LogP contribution in [-0.4, -0.2) is 25.3 Å². The number of pyridine rings is 1. The minimum absolute atomic E-state index is 0.268. The fourth-order valence-electron chi connectivity index (χ4n) is 2.97. The Hall–Kier alpha value is -3.41. The van der Waals surface area contributed by atoms with Gasteiger partial charge in [0.05, 0.1) is 17.0 Å². The molecule has 4 aromatic rings. The molecule has 0 saturated heterocycles. The standard InChI is InChI=1S/C19H16N4O2/c1-10-5-12(6-11(2)18(10)24)16-8-14(19(25)23-22-16)17-7-13-9-20-4-3-15(13)21-17/h3-9,21,24H,1-2H3,(H,23,25). The molecule has 0 unspecified atom stereocenters. The molecule has 6 heteroatoms. The van der Waals surface area contributed by atoms with Gasteiger partial charge < -0.3 is 10.1 Å². The van der Waals surface area contributed by atoms with Crippen molar-refractivity contribution in [2.45, 2.75) is 13.8 Å². The molecule has 1 aromatic carbocycles. The van der Waals surface area contributed by atoms with E-state index in [1.807, 2.05) is 38.1 Å². The van der Waals surface area contributed by atoms with Crippen LogP contribution >= 0.6 is 0 Å². The lowest BCUT2D eigenvalue weighted by atomic mass is 10.0. The highest BCUT2D eigenvalue weighted by Gasteiger charge is 2.12. The molecule has 0 spiro atoms. The van der Waals surface area contributed by atoms with Crippen molar-refractivity contribution < 1.29 is 5.11 Å². The second-order valence-electron chi connectivity index (χ2n) is 6.10. The van der Waals surface area contributed by atoms with Crippen LogP contribution in [-0.2, 0) is 0 Å². The van der Waals surface area contributed by atoms with E-state index in [0.717, 1.165) is 27.6 Å². The third kappa shape index (κ3) is 2.57. The summed E-state index contributed by atoms with van der Waals surface area (Å²) in [4.78, 5) is 19.6. The van der Waals surface area contributed by atoms with Crippen molar-refractivity contribution in [2.24, 2.45) is 0 Å². The minimum Gasteiger partial charge on any atom is -0.507 e.